The van der Waals surface area contributed by atoms with Gasteiger partial charge < -0.3 is 15.4 Å². The number of hydrogen-bond acceptors (Lipinski definition) is 5. The molecular formula is C18H19FN2O4S. The number of carbonyl (C=O) groups excluding carboxylic acids is 3. The van der Waals surface area contributed by atoms with Crippen LogP contribution in [0.4, 0.5) is 15.1 Å². The smallest absolute Gasteiger partial charge is 0.341 e. The molecule has 0 radical (unpaired) electrons. The molecule has 2 amide bonds. The number of benzene rings is 1. The van der Waals surface area contributed by atoms with Gasteiger partial charge in [-0.15, -0.1) is 11.3 Å². The van der Waals surface area contributed by atoms with E-state index in [4.69, 9.17) is 4.74 Å². The van der Waals surface area contributed by atoms with E-state index in [2.05, 4.69) is 10.6 Å². The molecule has 1 heterocycles. The number of thiophene rings is 1. The highest BCUT2D eigenvalue weighted by Gasteiger charge is 2.26. The van der Waals surface area contributed by atoms with Gasteiger partial charge in [0, 0.05) is 6.42 Å². The van der Waals surface area contributed by atoms with Crippen molar-refractivity contribution < 1.29 is 23.5 Å². The Morgan fingerprint density at radius 2 is 1.88 bits per heavy atom. The van der Waals surface area contributed by atoms with Crippen molar-refractivity contribution in [1.29, 1.82) is 0 Å². The lowest BCUT2D eigenvalue weighted by molar-refractivity contribution is -0.116. The zero-order chi connectivity index (χ0) is 19.3. The summed E-state index contributed by atoms with van der Waals surface area (Å²) in [5.41, 5.74) is 0.518. The molecule has 0 fully saturated rings. The van der Waals surface area contributed by atoms with E-state index in [0.717, 1.165) is 11.3 Å². The zero-order valence-corrected chi connectivity index (χ0v) is 15.5. The van der Waals surface area contributed by atoms with Gasteiger partial charge in [-0.3, -0.25) is 9.59 Å². The summed E-state index contributed by atoms with van der Waals surface area (Å²) in [6.45, 7) is 3.43. The van der Waals surface area contributed by atoms with Crippen molar-refractivity contribution in [3.05, 3.63) is 46.1 Å². The number of para-hydroxylation sites is 1. The Hall–Kier alpha value is -2.74. The molecule has 0 bridgehead atoms. The Balaban J connectivity index is 2.37. The molecule has 0 aliphatic rings. The molecule has 0 aliphatic carbocycles. The van der Waals surface area contributed by atoms with Gasteiger partial charge in [-0.05, 0) is 31.0 Å². The number of esters is 1. The molecule has 0 atom stereocenters. The minimum Gasteiger partial charge on any atom is -0.465 e. The van der Waals surface area contributed by atoms with E-state index >= 15 is 0 Å². The van der Waals surface area contributed by atoms with Crippen LogP contribution in [0.5, 0.6) is 0 Å². The van der Waals surface area contributed by atoms with E-state index in [9.17, 15) is 18.8 Å². The molecule has 0 aliphatic heterocycles. The van der Waals surface area contributed by atoms with E-state index < -0.39 is 17.7 Å². The average molecular weight is 378 g/mol. The second kappa shape index (κ2) is 8.57. The summed E-state index contributed by atoms with van der Waals surface area (Å²) in [6.07, 6.45) is 0.929. The minimum atomic E-state index is -0.657. The number of hydrogen-bond donors (Lipinski definition) is 2. The molecule has 1 aromatic carbocycles. The molecule has 0 spiro atoms. The third-order valence-electron chi connectivity index (χ3n) is 3.59. The standard InChI is InChI=1S/C18H19FN2O4S/c1-4-7-13(22)21-17-14(18(24)25-3)10(2)15(26-17)16(23)20-12-9-6-5-8-11(12)19/h5-6,8-9H,4,7H2,1-3H3,(H,20,23)(H,21,22). The van der Waals surface area contributed by atoms with Crippen molar-refractivity contribution in [3.63, 3.8) is 0 Å². The van der Waals surface area contributed by atoms with Gasteiger partial charge in [0.2, 0.25) is 5.91 Å². The molecule has 2 aromatic rings. The lowest BCUT2D eigenvalue weighted by Gasteiger charge is -2.06. The lowest BCUT2D eigenvalue weighted by atomic mass is 10.1. The van der Waals surface area contributed by atoms with E-state index in [1.165, 1.54) is 25.3 Å². The van der Waals surface area contributed by atoms with Crippen LogP contribution >= 0.6 is 11.3 Å². The predicted molar refractivity (Wildman–Crippen MR) is 98.3 cm³/mol. The van der Waals surface area contributed by atoms with E-state index in [-0.39, 0.29) is 33.5 Å². The maximum Gasteiger partial charge on any atom is 0.341 e. The number of rotatable bonds is 6. The summed E-state index contributed by atoms with van der Waals surface area (Å²) in [6, 6.07) is 5.77. The topological polar surface area (TPSA) is 84.5 Å². The molecule has 8 heteroatoms. The van der Waals surface area contributed by atoms with Crippen LogP contribution in [0.15, 0.2) is 24.3 Å². The summed E-state index contributed by atoms with van der Waals surface area (Å²) in [4.78, 5) is 36.7. The zero-order valence-electron chi connectivity index (χ0n) is 14.6. The molecule has 2 N–H and O–H groups in total. The summed E-state index contributed by atoms with van der Waals surface area (Å²) in [5.74, 6) is -2.06. The molecule has 0 unspecified atom stereocenters. The van der Waals surface area contributed by atoms with Gasteiger partial charge in [-0.2, -0.15) is 0 Å². The first-order valence-corrected chi connectivity index (χ1v) is 8.78. The summed E-state index contributed by atoms with van der Waals surface area (Å²) in [7, 11) is 1.22. The Labute approximate surface area is 154 Å². The van der Waals surface area contributed by atoms with E-state index in [0.29, 0.717) is 12.0 Å². The number of carbonyl (C=O) groups is 3. The maximum atomic E-state index is 13.7. The molecular weight excluding hydrogens is 359 g/mol. The number of amides is 2. The Morgan fingerprint density at radius 3 is 2.50 bits per heavy atom. The summed E-state index contributed by atoms with van der Waals surface area (Å²) in [5, 5.41) is 5.36. The van der Waals surface area contributed by atoms with Crippen LogP contribution in [-0.2, 0) is 9.53 Å². The van der Waals surface area contributed by atoms with Crippen molar-refractivity contribution in [2.45, 2.75) is 26.7 Å². The van der Waals surface area contributed by atoms with Crippen molar-refractivity contribution in [1.82, 2.24) is 0 Å². The van der Waals surface area contributed by atoms with E-state index in [1.54, 1.807) is 13.0 Å². The molecule has 2 rings (SSSR count). The third-order valence-corrected chi connectivity index (χ3v) is 4.80. The van der Waals surface area contributed by atoms with Crippen LogP contribution in [0.3, 0.4) is 0 Å². The largest absolute Gasteiger partial charge is 0.465 e. The van der Waals surface area contributed by atoms with Gasteiger partial charge in [0.1, 0.15) is 10.8 Å². The number of halogens is 1. The first-order chi connectivity index (χ1) is 12.4. The van der Waals surface area contributed by atoms with Gasteiger partial charge in [-0.25, -0.2) is 9.18 Å². The lowest BCUT2D eigenvalue weighted by Crippen LogP contribution is -2.14. The summed E-state index contributed by atoms with van der Waals surface area (Å²) < 4.78 is 18.5. The first kappa shape index (κ1) is 19.6. The van der Waals surface area contributed by atoms with Crippen LogP contribution in [-0.4, -0.2) is 24.9 Å². The Kier molecular flexibility index (Phi) is 6.46. The average Bonchev–Trinajstić information content (AvgIpc) is 2.92. The normalized spacial score (nSPS) is 10.3. The molecule has 0 saturated carbocycles. The highest BCUT2D eigenvalue weighted by atomic mass is 32.1. The fourth-order valence-electron chi connectivity index (χ4n) is 2.32. The highest BCUT2D eigenvalue weighted by Crippen LogP contribution is 2.34. The fraction of sp³-hybridized carbons (Fsp3) is 0.278. The van der Waals surface area contributed by atoms with Crippen LogP contribution < -0.4 is 10.6 Å². The Morgan fingerprint density at radius 1 is 1.19 bits per heavy atom. The van der Waals surface area contributed by atoms with Gasteiger partial charge >= 0.3 is 5.97 Å². The molecule has 0 saturated heterocycles. The number of nitrogens with one attached hydrogen (secondary N) is 2. The highest BCUT2D eigenvalue weighted by molar-refractivity contribution is 7.18. The van der Waals surface area contributed by atoms with Crippen molar-refractivity contribution in [2.75, 3.05) is 17.7 Å². The summed E-state index contributed by atoms with van der Waals surface area (Å²) >= 11 is 0.950. The first-order valence-electron chi connectivity index (χ1n) is 7.96. The van der Waals surface area contributed by atoms with Crippen LogP contribution in [0.2, 0.25) is 0 Å². The maximum absolute atomic E-state index is 13.7. The van der Waals surface area contributed by atoms with Crippen LogP contribution in [0.25, 0.3) is 0 Å². The predicted octanol–water partition coefficient (Wildman–Crippen LogP) is 3.97. The van der Waals surface area contributed by atoms with E-state index in [1.807, 2.05) is 6.92 Å². The van der Waals surface area contributed by atoms with Crippen molar-refractivity contribution in [3.8, 4) is 0 Å². The number of anilines is 2. The fourth-order valence-corrected chi connectivity index (χ4v) is 3.43. The molecule has 6 nitrogen and oxygen atoms in total. The van der Waals surface area contributed by atoms with Crippen molar-refractivity contribution in [2.24, 2.45) is 0 Å². The Bertz CT molecular complexity index is 848. The van der Waals surface area contributed by atoms with Crippen LogP contribution in [0.1, 0.15) is 45.4 Å². The third kappa shape index (κ3) is 4.26. The van der Waals surface area contributed by atoms with Crippen LogP contribution in [0, 0.1) is 12.7 Å². The molecule has 1 aromatic heterocycles. The van der Waals surface area contributed by atoms with Gasteiger partial charge in [-0.1, -0.05) is 19.1 Å². The minimum absolute atomic E-state index is 0.0292. The van der Waals surface area contributed by atoms with Crippen molar-refractivity contribution >= 4 is 39.8 Å². The quantitative estimate of drug-likeness (QED) is 0.745. The molecule has 26 heavy (non-hydrogen) atoms. The SMILES string of the molecule is CCCC(=O)Nc1sc(C(=O)Nc2ccccc2F)c(C)c1C(=O)OC. The number of methoxy groups -OCH3 is 1. The number of ether oxygens (including phenoxy) is 1. The second-order valence-electron chi connectivity index (χ2n) is 5.48. The molecule has 138 valence electrons. The van der Waals surface area contributed by atoms with Gasteiger partial charge in [0.25, 0.3) is 5.91 Å². The van der Waals surface area contributed by atoms with Gasteiger partial charge in [0.15, 0.2) is 0 Å². The van der Waals surface area contributed by atoms with Gasteiger partial charge in [0.05, 0.1) is 23.2 Å². The monoisotopic (exact) mass is 378 g/mol. The second-order valence-corrected chi connectivity index (χ2v) is 6.50.